The van der Waals surface area contributed by atoms with Crippen molar-refractivity contribution in [1.29, 1.82) is 0 Å². The molecule has 0 aliphatic carbocycles. The largest absolute Gasteiger partial charge is 0.624 e. The van der Waals surface area contributed by atoms with Gasteiger partial charge in [0.25, 0.3) is 0 Å². The summed E-state index contributed by atoms with van der Waals surface area (Å²) >= 11 is 0. The minimum Gasteiger partial charge on any atom is -0.624 e. The lowest BCUT2D eigenvalue weighted by Gasteiger charge is -2.06. The predicted molar refractivity (Wildman–Crippen MR) is 111 cm³/mol. The molecular weight excluding hydrogens is 354 g/mol. The van der Waals surface area contributed by atoms with Crippen molar-refractivity contribution in [2.24, 2.45) is 0 Å². The Balaban J connectivity index is 1.80. The Morgan fingerprint density at radius 3 is 2.21 bits per heavy atom. The van der Waals surface area contributed by atoms with E-state index < -0.39 is 0 Å². The van der Waals surface area contributed by atoms with Crippen LogP contribution in [0.3, 0.4) is 0 Å². The Morgan fingerprint density at radius 1 is 0.893 bits per heavy atom. The number of aromatic hydroxyl groups is 2. The molecule has 0 radical (unpaired) electrons. The summed E-state index contributed by atoms with van der Waals surface area (Å²) in [7, 11) is 1.49. The summed E-state index contributed by atoms with van der Waals surface area (Å²) in [6.45, 7) is 0.202. The van der Waals surface area contributed by atoms with E-state index in [1.54, 1.807) is 36.4 Å². The van der Waals surface area contributed by atoms with Gasteiger partial charge in [-0.1, -0.05) is 54.6 Å². The van der Waals surface area contributed by atoms with Crippen molar-refractivity contribution < 1.29 is 19.7 Å². The summed E-state index contributed by atoms with van der Waals surface area (Å²) < 4.78 is 5.90. The summed E-state index contributed by atoms with van der Waals surface area (Å²) in [5.41, 5.74) is 3.01. The first-order valence-electron chi connectivity index (χ1n) is 8.76. The number of nitrogens with zero attached hydrogens (tertiary/aromatic N) is 1. The third-order valence-corrected chi connectivity index (χ3v) is 4.19. The minimum absolute atomic E-state index is 0.0392. The SMILES string of the molecule is COc1cc(/C=C/c2ccc(O)c(/C=[N+](/[O-])Cc3ccccc3)c2)ccc1O. The van der Waals surface area contributed by atoms with E-state index in [2.05, 4.69) is 0 Å². The molecule has 0 saturated carbocycles. The third-order valence-electron chi connectivity index (χ3n) is 4.19. The topological polar surface area (TPSA) is 75.8 Å². The predicted octanol–water partition coefficient (Wildman–Crippen LogP) is 4.41. The van der Waals surface area contributed by atoms with E-state index in [-0.39, 0.29) is 18.0 Å². The van der Waals surface area contributed by atoms with Gasteiger partial charge in [-0.05, 0) is 35.4 Å². The minimum atomic E-state index is 0.0392. The zero-order valence-corrected chi connectivity index (χ0v) is 15.4. The lowest BCUT2D eigenvalue weighted by atomic mass is 10.1. The van der Waals surface area contributed by atoms with Crippen molar-refractivity contribution in [1.82, 2.24) is 0 Å². The van der Waals surface area contributed by atoms with Crippen LogP contribution in [-0.2, 0) is 6.54 Å². The van der Waals surface area contributed by atoms with Gasteiger partial charge in [0.1, 0.15) is 5.75 Å². The van der Waals surface area contributed by atoms with E-state index in [0.29, 0.717) is 11.3 Å². The molecule has 5 nitrogen and oxygen atoms in total. The third kappa shape index (κ3) is 4.92. The van der Waals surface area contributed by atoms with Crippen LogP contribution in [0.4, 0.5) is 0 Å². The van der Waals surface area contributed by atoms with Gasteiger partial charge < -0.3 is 20.2 Å². The van der Waals surface area contributed by atoms with E-state index in [1.807, 2.05) is 42.5 Å². The molecule has 3 rings (SSSR count). The highest BCUT2D eigenvalue weighted by atomic mass is 16.5. The molecule has 28 heavy (non-hydrogen) atoms. The number of phenolic OH excluding ortho intramolecular Hbond substituents is 2. The fourth-order valence-corrected chi connectivity index (χ4v) is 2.73. The van der Waals surface area contributed by atoms with Crippen molar-refractivity contribution in [2.45, 2.75) is 6.54 Å². The molecule has 0 spiro atoms. The van der Waals surface area contributed by atoms with Crippen LogP contribution in [-0.4, -0.2) is 28.3 Å². The van der Waals surface area contributed by atoms with Gasteiger partial charge in [0.2, 0.25) is 0 Å². The number of phenols is 2. The van der Waals surface area contributed by atoms with Gasteiger partial charge in [-0.2, -0.15) is 0 Å². The smallest absolute Gasteiger partial charge is 0.185 e. The highest BCUT2D eigenvalue weighted by Gasteiger charge is 2.05. The van der Waals surface area contributed by atoms with E-state index >= 15 is 0 Å². The summed E-state index contributed by atoms with van der Waals surface area (Å²) in [5.74, 6) is 0.511. The van der Waals surface area contributed by atoms with E-state index in [4.69, 9.17) is 4.74 Å². The summed E-state index contributed by atoms with van der Waals surface area (Å²) in [6.07, 6.45) is 5.09. The van der Waals surface area contributed by atoms with Crippen molar-refractivity contribution in [3.63, 3.8) is 0 Å². The fourth-order valence-electron chi connectivity index (χ4n) is 2.73. The molecule has 0 aliphatic rings. The summed E-state index contributed by atoms with van der Waals surface area (Å²) in [6, 6.07) is 19.5. The van der Waals surface area contributed by atoms with Crippen molar-refractivity contribution in [3.8, 4) is 17.2 Å². The first-order valence-corrected chi connectivity index (χ1v) is 8.76. The first-order chi connectivity index (χ1) is 13.5. The molecule has 5 heteroatoms. The zero-order valence-electron chi connectivity index (χ0n) is 15.4. The highest BCUT2D eigenvalue weighted by molar-refractivity contribution is 5.82. The molecule has 0 atom stereocenters. The van der Waals surface area contributed by atoms with Gasteiger partial charge >= 0.3 is 0 Å². The molecular formula is C23H21NO4. The number of hydroxylamine groups is 1. The molecule has 0 unspecified atom stereocenters. The number of hydrogen-bond donors (Lipinski definition) is 2. The van der Waals surface area contributed by atoms with Crippen molar-refractivity contribution >= 4 is 18.4 Å². The van der Waals surface area contributed by atoms with Gasteiger partial charge in [-0.25, -0.2) is 4.74 Å². The van der Waals surface area contributed by atoms with E-state index in [9.17, 15) is 15.4 Å². The van der Waals surface area contributed by atoms with Crippen LogP contribution in [0, 0.1) is 5.21 Å². The number of hydrogen-bond acceptors (Lipinski definition) is 4. The molecule has 0 fully saturated rings. The molecule has 2 N–H and O–H groups in total. The fraction of sp³-hybridized carbons (Fsp3) is 0.0870. The molecule has 3 aromatic rings. The van der Waals surface area contributed by atoms with Gasteiger partial charge in [-0.3, -0.25) is 0 Å². The van der Waals surface area contributed by atoms with Crippen LogP contribution in [0.25, 0.3) is 12.2 Å². The second-order valence-corrected chi connectivity index (χ2v) is 6.27. The molecule has 0 heterocycles. The van der Waals surface area contributed by atoms with Crippen LogP contribution in [0.1, 0.15) is 22.3 Å². The Labute approximate surface area is 163 Å². The first kappa shape index (κ1) is 19.0. The molecule has 0 aromatic heterocycles. The Kier molecular flexibility index (Phi) is 5.97. The normalized spacial score (nSPS) is 11.7. The standard InChI is InChI=1S/C23H21NO4/c1-28-23-14-18(10-12-22(23)26)8-7-17-9-11-21(25)20(13-17)16-24(27)15-19-5-3-2-4-6-19/h2-14,16,25-26H,15H2,1H3/b8-7+,24-16+. The number of ether oxygens (including phenoxy) is 1. The Morgan fingerprint density at radius 2 is 1.54 bits per heavy atom. The van der Waals surface area contributed by atoms with Gasteiger partial charge in [0.15, 0.2) is 24.3 Å². The van der Waals surface area contributed by atoms with Crippen LogP contribution >= 0.6 is 0 Å². The number of benzene rings is 3. The van der Waals surface area contributed by atoms with Crippen LogP contribution < -0.4 is 4.74 Å². The number of methoxy groups -OCH3 is 1. The molecule has 0 amide bonds. The summed E-state index contributed by atoms with van der Waals surface area (Å²) in [5, 5.41) is 32.0. The summed E-state index contributed by atoms with van der Waals surface area (Å²) in [4.78, 5) is 0. The molecule has 142 valence electrons. The van der Waals surface area contributed by atoms with Crippen LogP contribution in [0.5, 0.6) is 17.2 Å². The maximum Gasteiger partial charge on any atom is 0.185 e. The molecule has 0 aliphatic heterocycles. The highest BCUT2D eigenvalue weighted by Crippen LogP contribution is 2.27. The second kappa shape index (κ2) is 8.77. The molecule has 0 bridgehead atoms. The van der Waals surface area contributed by atoms with E-state index in [1.165, 1.54) is 13.3 Å². The second-order valence-electron chi connectivity index (χ2n) is 6.27. The lowest BCUT2D eigenvalue weighted by Crippen LogP contribution is -2.05. The monoisotopic (exact) mass is 375 g/mol. The molecule has 3 aromatic carbocycles. The van der Waals surface area contributed by atoms with Crippen molar-refractivity contribution in [2.75, 3.05) is 7.11 Å². The molecule has 0 saturated heterocycles. The quantitative estimate of drug-likeness (QED) is 0.220. The van der Waals surface area contributed by atoms with Gasteiger partial charge in [-0.15, -0.1) is 0 Å². The van der Waals surface area contributed by atoms with E-state index in [0.717, 1.165) is 21.4 Å². The van der Waals surface area contributed by atoms with Crippen molar-refractivity contribution in [3.05, 3.63) is 94.2 Å². The average molecular weight is 375 g/mol. The Bertz CT molecular complexity index is 1010. The number of rotatable bonds is 6. The van der Waals surface area contributed by atoms with Crippen LogP contribution in [0.15, 0.2) is 66.7 Å². The maximum atomic E-state index is 12.2. The zero-order chi connectivity index (χ0) is 19.9. The van der Waals surface area contributed by atoms with Gasteiger partial charge in [0, 0.05) is 5.56 Å². The lowest BCUT2D eigenvalue weighted by molar-refractivity contribution is -0.469. The van der Waals surface area contributed by atoms with Gasteiger partial charge in [0.05, 0.1) is 12.7 Å². The maximum absolute atomic E-state index is 12.2. The van der Waals surface area contributed by atoms with Crippen LogP contribution in [0.2, 0.25) is 0 Å². The Hall–Kier alpha value is -3.73. The average Bonchev–Trinajstić information content (AvgIpc) is 2.70.